The number of rotatable bonds is 5. The summed E-state index contributed by atoms with van der Waals surface area (Å²) in [6.07, 6.45) is 4.20. The largest absolute Gasteiger partial charge is 0.444 e. The number of hydrogen-bond acceptors (Lipinski definition) is 4. The predicted octanol–water partition coefficient (Wildman–Crippen LogP) is 3.16. The zero-order valence-corrected chi connectivity index (χ0v) is 16.2. The molecule has 3 aliphatic rings. The van der Waals surface area contributed by atoms with Crippen LogP contribution in [-0.4, -0.2) is 40.5 Å². The molecule has 26 heavy (non-hydrogen) atoms. The van der Waals surface area contributed by atoms with E-state index in [9.17, 15) is 9.90 Å². The van der Waals surface area contributed by atoms with Gasteiger partial charge in [0.05, 0.1) is 11.6 Å². The van der Waals surface area contributed by atoms with Gasteiger partial charge in [-0.15, -0.1) is 0 Å². The van der Waals surface area contributed by atoms with Crippen LogP contribution in [0.1, 0.15) is 58.4 Å². The lowest BCUT2D eigenvalue weighted by molar-refractivity contribution is -0.0642. The van der Waals surface area contributed by atoms with Crippen LogP contribution in [0.4, 0.5) is 4.79 Å². The Morgan fingerprint density at radius 3 is 2.42 bits per heavy atom. The third-order valence-electron chi connectivity index (χ3n) is 5.83. The lowest BCUT2D eigenvalue weighted by atomic mass is 9.60. The van der Waals surface area contributed by atoms with Crippen LogP contribution in [0.3, 0.4) is 0 Å². The van der Waals surface area contributed by atoms with Crippen LogP contribution >= 0.6 is 0 Å². The second-order valence-electron chi connectivity index (χ2n) is 8.95. The van der Waals surface area contributed by atoms with Gasteiger partial charge in [-0.3, -0.25) is 0 Å². The monoisotopic (exact) mass is 360 g/mol. The molecule has 0 radical (unpaired) electrons. The number of alkyl carbamates (subject to hydrolysis) is 1. The highest BCUT2D eigenvalue weighted by Crippen LogP contribution is 2.47. The van der Waals surface area contributed by atoms with Crippen molar-refractivity contribution < 1.29 is 14.6 Å². The van der Waals surface area contributed by atoms with Crippen LogP contribution in [0.5, 0.6) is 0 Å². The molecule has 144 valence electrons. The lowest BCUT2D eigenvalue weighted by Gasteiger charge is -2.56. The van der Waals surface area contributed by atoms with Gasteiger partial charge in [0.2, 0.25) is 0 Å². The topological polar surface area (TPSA) is 70.6 Å². The molecule has 5 nitrogen and oxygen atoms in total. The smallest absolute Gasteiger partial charge is 0.408 e. The number of fused-ring (bicyclic) bond motifs is 3. The fourth-order valence-electron chi connectivity index (χ4n) is 4.36. The van der Waals surface area contributed by atoms with Gasteiger partial charge in [-0.2, -0.15) is 0 Å². The van der Waals surface area contributed by atoms with Crippen molar-refractivity contribution >= 4 is 6.09 Å². The van der Waals surface area contributed by atoms with Gasteiger partial charge in [0.25, 0.3) is 0 Å². The highest BCUT2D eigenvalue weighted by Gasteiger charge is 2.54. The number of aliphatic hydroxyl groups excluding tert-OH is 1. The predicted molar refractivity (Wildman–Crippen MR) is 102 cm³/mol. The zero-order chi connectivity index (χ0) is 18.8. The van der Waals surface area contributed by atoms with Gasteiger partial charge in [-0.1, -0.05) is 30.3 Å². The third kappa shape index (κ3) is 4.38. The van der Waals surface area contributed by atoms with E-state index >= 15 is 0 Å². The number of amides is 1. The maximum atomic E-state index is 12.2. The van der Waals surface area contributed by atoms with Crippen molar-refractivity contribution in [3.05, 3.63) is 35.9 Å². The maximum absolute atomic E-state index is 12.2. The number of carbonyl (C=O) groups excluding carboxylic acids is 1. The molecular formula is C21H32N2O3. The van der Waals surface area contributed by atoms with Gasteiger partial charge < -0.3 is 20.5 Å². The van der Waals surface area contributed by atoms with Crippen molar-refractivity contribution in [1.82, 2.24) is 10.6 Å². The molecule has 0 aromatic heterocycles. The summed E-state index contributed by atoms with van der Waals surface area (Å²) < 4.78 is 5.40. The SMILES string of the molecule is CC(C)(C)OC(=O)NC12CCC(NCCc3ccccc3)(CC1)C[C@@H]2O. The quantitative estimate of drug-likeness (QED) is 0.754. The first-order valence-electron chi connectivity index (χ1n) is 9.70. The van der Waals surface area contributed by atoms with Crippen LogP contribution in [0.2, 0.25) is 0 Å². The van der Waals surface area contributed by atoms with Crippen molar-refractivity contribution in [2.75, 3.05) is 6.54 Å². The van der Waals surface area contributed by atoms with Gasteiger partial charge >= 0.3 is 6.09 Å². The van der Waals surface area contributed by atoms with Crippen molar-refractivity contribution in [2.24, 2.45) is 0 Å². The summed E-state index contributed by atoms with van der Waals surface area (Å²) in [5, 5.41) is 17.5. The average molecular weight is 360 g/mol. The van der Waals surface area contributed by atoms with E-state index in [4.69, 9.17) is 4.74 Å². The Labute approximate surface area is 156 Å². The molecule has 1 aromatic rings. The first kappa shape index (κ1) is 19.2. The Bertz CT molecular complexity index is 616. The fourth-order valence-corrected chi connectivity index (χ4v) is 4.36. The summed E-state index contributed by atoms with van der Waals surface area (Å²) in [6.45, 7) is 6.46. The molecule has 2 bridgehead atoms. The Kier molecular flexibility index (Phi) is 5.31. The van der Waals surface area contributed by atoms with Gasteiger partial charge in [0, 0.05) is 5.54 Å². The molecule has 0 unspecified atom stereocenters. The Hall–Kier alpha value is -1.59. The molecule has 3 aliphatic carbocycles. The first-order chi connectivity index (χ1) is 12.2. The molecule has 3 N–H and O–H groups in total. The normalized spacial score (nSPS) is 30.8. The minimum Gasteiger partial charge on any atom is -0.444 e. The number of benzene rings is 1. The zero-order valence-electron chi connectivity index (χ0n) is 16.2. The molecule has 1 amide bonds. The van der Waals surface area contributed by atoms with E-state index in [0.717, 1.165) is 38.6 Å². The average Bonchev–Trinajstić information content (AvgIpc) is 2.56. The van der Waals surface area contributed by atoms with Crippen LogP contribution in [0.15, 0.2) is 30.3 Å². The Balaban J connectivity index is 1.54. The van der Waals surface area contributed by atoms with E-state index in [1.165, 1.54) is 5.56 Å². The van der Waals surface area contributed by atoms with Crippen molar-refractivity contribution in [3.8, 4) is 0 Å². The summed E-state index contributed by atoms with van der Waals surface area (Å²) in [5.41, 5.74) is 0.249. The van der Waals surface area contributed by atoms with E-state index in [1.54, 1.807) is 0 Å². The third-order valence-corrected chi connectivity index (χ3v) is 5.83. The van der Waals surface area contributed by atoms with Crippen LogP contribution in [0.25, 0.3) is 0 Å². The minimum atomic E-state index is -0.540. The van der Waals surface area contributed by atoms with Gasteiger partial charge in [-0.25, -0.2) is 4.79 Å². The van der Waals surface area contributed by atoms with E-state index in [-0.39, 0.29) is 5.54 Å². The highest BCUT2D eigenvalue weighted by atomic mass is 16.6. The van der Waals surface area contributed by atoms with Crippen molar-refractivity contribution in [3.63, 3.8) is 0 Å². The summed E-state index contributed by atoms with van der Waals surface area (Å²) >= 11 is 0. The number of hydrogen-bond donors (Lipinski definition) is 3. The number of carbonyl (C=O) groups is 1. The molecule has 4 rings (SSSR count). The highest BCUT2D eigenvalue weighted by molar-refractivity contribution is 5.69. The maximum Gasteiger partial charge on any atom is 0.408 e. The second-order valence-corrected chi connectivity index (χ2v) is 8.95. The van der Waals surface area contributed by atoms with Crippen LogP contribution in [-0.2, 0) is 11.2 Å². The summed E-state index contributed by atoms with van der Waals surface area (Å²) in [7, 11) is 0. The van der Waals surface area contributed by atoms with Crippen LogP contribution in [0, 0.1) is 0 Å². The number of nitrogens with one attached hydrogen (secondary N) is 2. The minimum absolute atomic E-state index is 0.00837. The molecule has 1 atom stereocenters. The number of ether oxygens (including phenoxy) is 1. The standard InChI is InChI=1S/C21H32N2O3/c1-19(2,3)26-18(25)23-21-12-10-20(11-13-21,15-17(21)24)22-14-9-16-7-5-4-6-8-16/h4-8,17,22,24H,9-15H2,1-3H3,(H,23,25)/t17-,20?,21?/m0/s1. The Morgan fingerprint density at radius 2 is 1.85 bits per heavy atom. The number of aliphatic hydroxyl groups is 1. The molecule has 5 heteroatoms. The second kappa shape index (κ2) is 7.20. The van der Waals surface area contributed by atoms with Crippen LogP contribution < -0.4 is 10.6 Å². The lowest BCUT2D eigenvalue weighted by Crippen LogP contribution is -2.69. The molecule has 0 aliphatic heterocycles. The summed E-state index contributed by atoms with van der Waals surface area (Å²) in [4.78, 5) is 12.2. The summed E-state index contributed by atoms with van der Waals surface area (Å²) in [5.74, 6) is 0. The van der Waals surface area contributed by atoms with Crippen molar-refractivity contribution in [1.29, 1.82) is 0 Å². The van der Waals surface area contributed by atoms with Gasteiger partial charge in [0.15, 0.2) is 0 Å². The molecule has 0 saturated heterocycles. The molecule has 3 fully saturated rings. The van der Waals surface area contributed by atoms with E-state index < -0.39 is 23.3 Å². The molecule has 0 spiro atoms. The summed E-state index contributed by atoms with van der Waals surface area (Å²) in [6, 6.07) is 10.5. The van der Waals surface area contributed by atoms with Crippen molar-refractivity contribution in [2.45, 2.75) is 82.1 Å². The van der Waals surface area contributed by atoms with E-state index in [0.29, 0.717) is 6.42 Å². The van der Waals surface area contributed by atoms with E-state index in [1.807, 2.05) is 26.8 Å². The molecule has 1 aromatic carbocycles. The van der Waals surface area contributed by atoms with Gasteiger partial charge in [0.1, 0.15) is 5.60 Å². The fraction of sp³-hybridized carbons (Fsp3) is 0.667. The Morgan fingerprint density at radius 1 is 1.19 bits per heavy atom. The molecule has 0 heterocycles. The van der Waals surface area contributed by atoms with E-state index in [2.05, 4.69) is 34.9 Å². The molecular weight excluding hydrogens is 328 g/mol. The molecule has 3 saturated carbocycles. The first-order valence-corrected chi connectivity index (χ1v) is 9.70. The van der Waals surface area contributed by atoms with Gasteiger partial charge in [-0.05, 0) is 71.4 Å².